The van der Waals surface area contributed by atoms with E-state index in [0.717, 1.165) is 49.1 Å². The summed E-state index contributed by atoms with van der Waals surface area (Å²) < 4.78 is 6.21. The topological polar surface area (TPSA) is 41.0 Å². The molecule has 2 aromatic rings. The predicted octanol–water partition coefficient (Wildman–Crippen LogP) is 3.82. The van der Waals surface area contributed by atoms with Crippen molar-refractivity contribution in [3.05, 3.63) is 48.0 Å². The number of fused-ring (bicyclic) bond motifs is 1. The minimum Gasteiger partial charge on any atom is -0.469 e. The molecule has 5 heteroatoms. The molecule has 0 atom stereocenters. The highest BCUT2D eigenvalue weighted by molar-refractivity contribution is 5.80. The third-order valence-electron chi connectivity index (χ3n) is 5.17. The van der Waals surface area contributed by atoms with E-state index in [1.165, 1.54) is 18.2 Å². The van der Waals surface area contributed by atoms with E-state index in [1.807, 2.05) is 25.3 Å². The highest BCUT2D eigenvalue weighted by Crippen LogP contribution is 2.26. The van der Waals surface area contributed by atoms with Crippen molar-refractivity contribution in [1.29, 1.82) is 0 Å². The van der Waals surface area contributed by atoms with Crippen LogP contribution < -0.4 is 4.90 Å². The summed E-state index contributed by atoms with van der Waals surface area (Å²) in [6, 6.07) is 12.5. The normalized spacial score (nSPS) is 19.2. The molecule has 136 valence electrons. The molecule has 2 aliphatic rings. The molecule has 26 heavy (non-hydrogen) atoms. The molecule has 5 nitrogen and oxygen atoms in total. The summed E-state index contributed by atoms with van der Waals surface area (Å²) in [5.41, 5.74) is 2.19. The first-order chi connectivity index (χ1) is 12.7. The van der Waals surface area contributed by atoms with Crippen LogP contribution in [0, 0.1) is 0 Å². The lowest BCUT2D eigenvalue weighted by Crippen LogP contribution is -2.52. The van der Waals surface area contributed by atoms with E-state index in [0.29, 0.717) is 0 Å². The van der Waals surface area contributed by atoms with E-state index in [2.05, 4.69) is 46.0 Å². The first-order valence-corrected chi connectivity index (χ1v) is 9.46. The molecule has 2 fully saturated rings. The number of ether oxygens (including phenoxy) is 1. The molecule has 0 aliphatic carbocycles. The largest absolute Gasteiger partial charge is 0.469 e. The van der Waals surface area contributed by atoms with Crippen molar-refractivity contribution in [1.82, 2.24) is 9.88 Å². The van der Waals surface area contributed by atoms with Crippen molar-refractivity contribution in [2.75, 3.05) is 31.1 Å². The van der Waals surface area contributed by atoms with Crippen molar-refractivity contribution >= 4 is 22.9 Å². The molecule has 0 saturated carbocycles. The van der Waals surface area contributed by atoms with Gasteiger partial charge in [0.15, 0.2) is 0 Å². The first kappa shape index (κ1) is 16.9. The van der Waals surface area contributed by atoms with Crippen LogP contribution in [-0.4, -0.2) is 48.4 Å². The van der Waals surface area contributed by atoms with Gasteiger partial charge in [-0.2, -0.15) is 0 Å². The van der Waals surface area contributed by atoms with Gasteiger partial charge in [0.1, 0.15) is 11.9 Å². The second-order valence-electron chi connectivity index (χ2n) is 6.98. The van der Waals surface area contributed by atoms with Crippen molar-refractivity contribution in [2.45, 2.75) is 32.8 Å². The maximum atomic E-state index is 6.21. The van der Waals surface area contributed by atoms with Gasteiger partial charge in [-0.15, -0.1) is 0 Å². The minimum atomic E-state index is 0.166. The van der Waals surface area contributed by atoms with E-state index in [-0.39, 0.29) is 6.10 Å². The zero-order chi connectivity index (χ0) is 17.9. The van der Waals surface area contributed by atoms with Gasteiger partial charge in [0.2, 0.25) is 5.88 Å². The number of aliphatic imine (C=N–C) groups is 1. The average molecular weight is 350 g/mol. The summed E-state index contributed by atoms with van der Waals surface area (Å²) >= 11 is 0. The molecule has 0 amide bonds. The van der Waals surface area contributed by atoms with Crippen LogP contribution in [0.4, 0.5) is 5.82 Å². The van der Waals surface area contributed by atoms with Gasteiger partial charge in [0.05, 0.1) is 24.3 Å². The molecule has 0 N–H and O–H groups in total. The number of hydrogen-bond donors (Lipinski definition) is 0. The molecular weight excluding hydrogens is 324 g/mol. The third kappa shape index (κ3) is 3.39. The van der Waals surface area contributed by atoms with Gasteiger partial charge in [-0.3, -0.25) is 0 Å². The van der Waals surface area contributed by atoms with Gasteiger partial charge in [0, 0.05) is 24.7 Å². The van der Waals surface area contributed by atoms with Gasteiger partial charge in [-0.1, -0.05) is 18.2 Å². The third-order valence-corrected chi connectivity index (χ3v) is 5.17. The maximum Gasteiger partial charge on any atom is 0.232 e. The summed E-state index contributed by atoms with van der Waals surface area (Å²) in [6.07, 6.45) is 4.49. The standard InChI is InChI=1S/C21H26N4O/c1-3-22-21(16(2)24-12-6-7-13-24)26-18-14-25(15-18)20-11-10-17-8-4-5-9-19(17)23-20/h3-5,8-11,18H,6-7,12-15H2,1-2H3/b21-16-,22-3-. The number of nitrogens with zero attached hydrogens (tertiary/aromatic N) is 4. The molecule has 2 aliphatic heterocycles. The Morgan fingerprint density at radius 2 is 1.92 bits per heavy atom. The molecule has 0 radical (unpaired) electrons. The molecular formula is C21H26N4O. The minimum absolute atomic E-state index is 0.166. The quantitative estimate of drug-likeness (QED) is 0.607. The van der Waals surface area contributed by atoms with E-state index >= 15 is 0 Å². The first-order valence-electron chi connectivity index (χ1n) is 9.46. The molecule has 3 heterocycles. The lowest BCUT2D eigenvalue weighted by Gasteiger charge is -2.40. The zero-order valence-corrected chi connectivity index (χ0v) is 15.6. The summed E-state index contributed by atoms with van der Waals surface area (Å²) in [5.74, 6) is 1.79. The highest BCUT2D eigenvalue weighted by atomic mass is 16.5. The van der Waals surface area contributed by atoms with Crippen molar-refractivity contribution < 1.29 is 4.74 Å². The number of anilines is 1. The second-order valence-corrected chi connectivity index (χ2v) is 6.98. The van der Waals surface area contributed by atoms with Crippen molar-refractivity contribution in [3.63, 3.8) is 0 Å². The van der Waals surface area contributed by atoms with E-state index < -0.39 is 0 Å². The Morgan fingerprint density at radius 1 is 1.15 bits per heavy atom. The zero-order valence-electron chi connectivity index (χ0n) is 15.6. The smallest absolute Gasteiger partial charge is 0.232 e. The van der Waals surface area contributed by atoms with Crippen LogP contribution in [0.5, 0.6) is 0 Å². The molecule has 1 aromatic heterocycles. The Morgan fingerprint density at radius 3 is 2.69 bits per heavy atom. The number of hydrogen-bond acceptors (Lipinski definition) is 5. The van der Waals surface area contributed by atoms with Crippen LogP contribution >= 0.6 is 0 Å². The molecule has 1 aromatic carbocycles. The fourth-order valence-electron chi connectivity index (χ4n) is 3.60. The second kappa shape index (κ2) is 7.36. The van der Waals surface area contributed by atoms with Gasteiger partial charge >= 0.3 is 0 Å². The van der Waals surface area contributed by atoms with E-state index in [1.54, 1.807) is 0 Å². The predicted molar refractivity (Wildman–Crippen MR) is 107 cm³/mol. The summed E-state index contributed by atoms with van der Waals surface area (Å²) in [6.45, 7) is 7.97. The summed E-state index contributed by atoms with van der Waals surface area (Å²) in [7, 11) is 0. The lowest BCUT2D eigenvalue weighted by molar-refractivity contribution is 0.0825. The fraction of sp³-hybridized carbons (Fsp3) is 0.429. The Hall–Kier alpha value is -2.56. The fourth-order valence-corrected chi connectivity index (χ4v) is 3.60. The number of likely N-dealkylation sites (tertiary alicyclic amines) is 1. The number of aromatic nitrogens is 1. The van der Waals surface area contributed by atoms with Crippen LogP contribution in [-0.2, 0) is 4.74 Å². The summed E-state index contributed by atoms with van der Waals surface area (Å²) in [5, 5.41) is 1.17. The Labute approximate surface area is 155 Å². The highest BCUT2D eigenvalue weighted by Gasteiger charge is 2.31. The number of pyridine rings is 1. The van der Waals surface area contributed by atoms with Gasteiger partial charge < -0.3 is 14.5 Å². The van der Waals surface area contributed by atoms with Gasteiger partial charge in [0.25, 0.3) is 0 Å². The monoisotopic (exact) mass is 350 g/mol. The van der Waals surface area contributed by atoms with E-state index in [4.69, 9.17) is 9.72 Å². The van der Waals surface area contributed by atoms with Gasteiger partial charge in [-0.05, 0) is 44.9 Å². The van der Waals surface area contributed by atoms with Crippen LogP contribution in [0.1, 0.15) is 26.7 Å². The number of para-hydroxylation sites is 1. The number of allylic oxidation sites excluding steroid dienone is 1. The van der Waals surface area contributed by atoms with Crippen LogP contribution in [0.3, 0.4) is 0 Å². The lowest BCUT2D eigenvalue weighted by atomic mass is 10.1. The maximum absolute atomic E-state index is 6.21. The van der Waals surface area contributed by atoms with Crippen LogP contribution in [0.15, 0.2) is 53.0 Å². The number of rotatable bonds is 5. The Kier molecular flexibility index (Phi) is 4.78. The molecule has 4 rings (SSSR count). The van der Waals surface area contributed by atoms with Gasteiger partial charge in [-0.25, -0.2) is 9.98 Å². The average Bonchev–Trinajstić information content (AvgIpc) is 3.17. The molecule has 2 saturated heterocycles. The number of benzene rings is 1. The molecule has 0 bridgehead atoms. The molecule has 0 spiro atoms. The summed E-state index contributed by atoms with van der Waals surface area (Å²) in [4.78, 5) is 13.9. The van der Waals surface area contributed by atoms with Crippen LogP contribution in [0.2, 0.25) is 0 Å². The van der Waals surface area contributed by atoms with E-state index in [9.17, 15) is 0 Å². The van der Waals surface area contributed by atoms with Crippen molar-refractivity contribution in [3.8, 4) is 0 Å². The molecule has 0 unspecified atom stereocenters. The Bertz CT molecular complexity index is 833. The van der Waals surface area contributed by atoms with Crippen LogP contribution in [0.25, 0.3) is 10.9 Å². The Balaban J connectivity index is 1.42. The SMILES string of the molecule is C/C=N\C(OC1CN(c2ccc3ccccc3n2)C1)=C(/C)N1CCCC1. The van der Waals surface area contributed by atoms with Crippen molar-refractivity contribution in [2.24, 2.45) is 4.99 Å².